The van der Waals surface area contributed by atoms with Gasteiger partial charge in [-0.25, -0.2) is 4.79 Å². The van der Waals surface area contributed by atoms with E-state index in [1.165, 1.54) is 0 Å². The van der Waals surface area contributed by atoms with Gasteiger partial charge >= 0.3 is 5.97 Å². The van der Waals surface area contributed by atoms with Crippen LogP contribution in [0.2, 0.25) is 0 Å². The van der Waals surface area contributed by atoms with Crippen molar-refractivity contribution in [3.05, 3.63) is 58.2 Å². The smallest absolute Gasteiger partial charge is 0.335 e. The number of fused-ring (bicyclic) bond motifs is 1. The average Bonchev–Trinajstić information content (AvgIpc) is 2.97. The Morgan fingerprint density at radius 1 is 1.28 bits per heavy atom. The number of hydrogen-bond donors (Lipinski definition) is 1. The second kappa shape index (κ2) is 7.27. The largest absolute Gasteiger partial charge is 0.493 e. The summed E-state index contributed by atoms with van der Waals surface area (Å²) in [5, 5.41) is 14.3. The summed E-state index contributed by atoms with van der Waals surface area (Å²) in [6.07, 6.45) is 1.69. The van der Waals surface area contributed by atoms with E-state index in [2.05, 4.69) is 34.9 Å². The summed E-state index contributed by atoms with van der Waals surface area (Å²) < 4.78 is 8.63. The highest BCUT2D eigenvalue weighted by Gasteiger charge is 2.10. The highest BCUT2D eigenvalue weighted by Crippen LogP contribution is 2.25. The number of benzene rings is 2. The third-order valence-corrected chi connectivity index (χ3v) is 4.58. The fourth-order valence-electron chi connectivity index (χ4n) is 2.53. The van der Waals surface area contributed by atoms with Crippen molar-refractivity contribution in [2.75, 3.05) is 6.61 Å². The van der Waals surface area contributed by atoms with Gasteiger partial charge in [0.05, 0.1) is 30.4 Å². The Morgan fingerprint density at radius 2 is 2.08 bits per heavy atom. The number of carboxylic acids is 1. The van der Waals surface area contributed by atoms with Crippen LogP contribution in [0.25, 0.3) is 10.9 Å². The van der Waals surface area contributed by atoms with Gasteiger partial charge in [-0.2, -0.15) is 5.10 Å². The first-order valence-electron chi connectivity index (χ1n) is 8.04. The second-order valence-electron chi connectivity index (χ2n) is 6.34. The molecule has 0 bridgehead atoms. The molecule has 3 aromatic rings. The van der Waals surface area contributed by atoms with E-state index in [0.29, 0.717) is 19.1 Å². The van der Waals surface area contributed by atoms with Crippen LogP contribution in [0.5, 0.6) is 5.75 Å². The van der Waals surface area contributed by atoms with E-state index >= 15 is 0 Å². The van der Waals surface area contributed by atoms with Crippen molar-refractivity contribution >= 4 is 32.8 Å². The van der Waals surface area contributed by atoms with Gasteiger partial charge in [0.1, 0.15) is 5.75 Å². The molecule has 0 fully saturated rings. The minimum atomic E-state index is -0.938. The number of rotatable bonds is 6. The highest BCUT2D eigenvalue weighted by atomic mass is 79.9. The Hall–Kier alpha value is -2.34. The van der Waals surface area contributed by atoms with Crippen LogP contribution in [0.4, 0.5) is 0 Å². The van der Waals surface area contributed by atoms with Crippen molar-refractivity contribution in [2.24, 2.45) is 5.92 Å². The first-order chi connectivity index (χ1) is 11.9. The molecular weight excluding hydrogens is 384 g/mol. The van der Waals surface area contributed by atoms with Crippen molar-refractivity contribution in [3.63, 3.8) is 0 Å². The maximum atomic E-state index is 11.1. The minimum absolute atomic E-state index is 0.261. The van der Waals surface area contributed by atoms with Gasteiger partial charge in [0.15, 0.2) is 0 Å². The fraction of sp³-hybridized carbons (Fsp3) is 0.263. The van der Waals surface area contributed by atoms with Crippen molar-refractivity contribution in [1.82, 2.24) is 9.78 Å². The van der Waals surface area contributed by atoms with E-state index in [1.54, 1.807) is 24.4 Å². The zero-order valence-electron chi connectivity index (χ0n) is 14.1. The van der Waals surface area contributed by atoms with E-state index in [1.807, 2.05) is 22.9 Å². The monoisotopic (exact) mass is 402 g/mol. The Bertz CT molecular complexity index is 918. The van der Waals surface area contributed by atoms with Crippen LogP contribution in [-0.2, 0) is 6.54 Å². The predicted octanol–water partition coefficient (Wildman–Crippen LogP) is 4.58. The van der Waals surface area contributed by atoms with E-state index in [4.69, 9.17) is 9.84 Å². The molecule has 0 atom stereocenters. The summed E-state index contributed by atoms with van der Waals surface area (Å²) in [7, 11) is 0. The molecule has 0 unspecified atom stereocenters. The molecule has 25 heavy (non-hydrogen) atoms. The van der Waals surface area contributed by atoms with E-state index < -0.39 is 5.97 Å². The number of halogens is 1. The van der Waals surface area contributed by atoms with Crippen molar-refractivity contribution < 1.29 is 14.6 Å². The summed E-state index contributed by atoms with van der Waals surface area (Å²) in [6, 6.07) is 10.9. The van der Waals surface area contributed by atoms with Crippen LogP contribution in [-0.4, -0.2) is 27.5 Å². The first kappa shape index (κ1) is 17.5. The number of aromatic carboxylic acids is 1. The maximum absolute atomic E-state index is 11.1. The predicted molar refractivity (Wildman–Crippen MR) is 100 cm³/mol. The second-order valence-corrected chi connectivity index (χ2v) is 7.19. The van der Waals surface area contributed by atoms with Gasteiger partial charge in [0, 0.05) is 9.86 Å². The molecule has 0 radical (unpaired) electrons. The van der Waals surface area contributed by atoms with Gasteiger partial charge in [0.25, 0.3) is 0 Å². The fourth-order valence-corrected chi connectivity index (χ4v) is 2.90. The molecule has 0 aliphatic heterocycles. The standard InChI is InChI=1S/C19H19BrN2O3/c1-12(2)11-25-16-4-5-17(20)15(8-16)10-22-18-6-3-13(19(23)24)7-14(18)9-21-22/h3-9,12H,10-11H2,1-2H3,(H,23,24). The molecule has 6 heteroatoms. The average molecular weight is 403 g/mol. The lowest BCUT2D eigenvalue weighted by Gasteiger charge is -2.12. The molecular formula is C19H19BrN2O3. The molecule has 1 heterocycles. The SMILES string of the molecule is CC(C)COc1ccc(Br)c(Cn2ncc3cc(C(=O)O)ccc32)c1. The van der Waals surface area contributed by atoms with Gasteiger partial charge in [-0.15, -0.1) is 0 Å². The first-order valence-corrected chi connectivity index (χ1v) is 8.83. The molecule has 0 saturated carbocycles. The summed E-state index contributed by atoms with van der Waals surface area (Å²) in [5.74, 6) is 0.356. The topological polar surface area (TPSA) is 64.4 Å². The zero-order chi connectivity index (χ0) is 18.0. The van der Waals surface area contributed by atoms with Gasteiger partial charge in [-0.05, 0) is 47.9 Å². The van der Waals surface area contributed by atoms with Crippen LogP contribution < -0.4 is 4.74 Å². The molecule has 0 aliphatic rings. The third kappa shape index (κ3) is 4.02. The normalized spacial score (nSPS) is 11.2. The lowest BCUT2D eigenvalue weighted by molar-refractivity contribution is 0.0697. The molecule has 3 rings (SSSR count). The van der Waals surface area contributed by atoms with Crippen LogP contribution >= 0.6 is 15.9 Å². The Labute approximate surface area is 154 Å². The van der Waals surface area contributed by atoms with E-state index in [0.717, 1.165) is 26.7 Å². The quantitative estimate of drug-likeness (QED) is 0.655. The summed E-state index contributed by atoms with van der Waals surface area (Å²) in [6.45, 7) is 5.46. The molecule has 0 saturated heterocycles. The Morgan fingerprint density at radius 3 is 2.80 bits per heavy atom. The van der Waals surface area contributed by atoms with Crippen molar-refractivity contribution in [2.45, 2.75) is 20.4 Å². The van der Waals surface area contributed by atoms with Crippen LogP contribution in [0.3, 0.4) is 0 Å². The zero-order valence-corrected chi connectivity index (χ0v) is 15.7. The van der Waals surface area contributed by atoms with Crippen molar-refractivity contribution in [1.29, 1.82) is 0 Å². The summed E-state index contributed by atoms with van der Waals surface area (Å²) in [4.78, 5) is 11.1. The number of carbonyl (C=O) groups is 1. The Balaban J connectivity index is 1.88. The summed E-state index contributed by atoms with van der Waals surface area (Å²) in [5.41, 5.74) is 2.20. The number of aromatic nitrogens is 2. The molecule has 2 aromatic carbocycles. The third-order valence-electron chi connectivity index (χ3n) is 3.81. The minimum Gasteiger partial charge on any atom is -0.493 e. The Kier molecular flexibility index (Phi) is 5.08. The highest BCUT2D eigenvalue weighted by molar-refractivity contribution is 9.10. The molecule has 0 aliphatic carbocycles. The van der Waals surface area contributed by atoms with Crippen LogP contribution in [0.1, 0.15) is 29.8 Å². The van der Waals surface area contributed by atoms with E-state index in [9.17, 15) is 4.79 Å². The maximum Gasteiger partial charge on any atom is 0.335 e. The number of carboxylic acid groups (broad SMARTS) is 1. The molecule has 0 spiro atoms. The molecule has 1 N–H and O–H groups in total. The van der Waals surface area contributed by atoms with Crippen LogP contribution in [0, 0.1) is 5.92 Å². The number of ether oxygens (including phenoxy) is 1. The lowest BCUT2D eigenvalue weighted by Crippen LogP contribution is -2.06. The van der Waals surface area contributed by atoms with Gasteiger partial charge in [-0.3, -0.25) is 4.68 Å². The van der Waals surface area contributed by atoms with Crippen LogP contribution in [0.15, 0.2) is 47.1 Å². The molecule has 130 valence electrons. The van der Waals surface area contributed by atoms with Crippen molar-refractivity contribution in [3.8, 4) is 5.75 Å². The number of nitrogens with zero attached hydrogens (tertiary/aromatic N) is 2. The lowest BCUT2D eigenvalue weighted by atomic mass is 10.1. The van der Waals surface area contributed by atoms with Gasteiger partial charge in [-0.1, -0.05) is 29.8 Å². The summed E-state index contributed by atoms with van der Waals surface area (Å²) >= 11 is 3.58. The number of hydrogen-bond acceptors (Lipinski definition) is 3. The van der Waals surface area contributed by atoms with E-state index in [-0.39, 0.29) is 5.56 Å². The van der Waals surface area contributed by atoms with Gasteiger partial charge < -0.3 is 9.84 Å². The van der Waals surface area contributed by atoms with Gasteiger partial charge in [0.2, 0.25) is 0 Å². The molecule has 1 aromatic heterocycles. The molecule has 0 amide bonds. The molecule has 5 nitrogen and oxygen atoms in total.